The normalized spacial score (nSPS) is 15.4. The minimum atomic E-state index is -0.496. The second kappa shape index (κ2) is 5.79. The number of carbonyl (C=O) groups excluding carboxylic acids is 1. The van der Waals surface area contributed by atoms with E-state index in [2.05, 4.69) is 5.48 Å². The van der Waals surface area contributed by atoms with Crippen LogP contribution in [0.5, 0.6) is 0 Å². The Hall–Kier alpha value is -1.95. The largest absolute Gasteiger partial charge is 0.275 e. The first kappa shape index (κ1) is 13.5. The molecule has 0 aliphatic heterocycles. The lowest BCUT2D eigenvalue weighted by Crippen LogP contribution is -2.28. The van der Waals surface area contributed by atoms with Crippen molar-refractivity contribution in [3.63, 3.8) is 0 Å². The molecular formula is C13H16N2O4. The lowest BCUT2D eigenvalue weighted by atomic mass is 10.1. The molecule has 0 unspecified atom stereocenters. The third kappa shape index (κ3) is 3.08. The Morgan fingerprint density at radius 2 is 2.11 bits per heavy atom. The molecule has 0 atom stereocenters. The Balaban J connectivity index is 2.06. The van der Waals surface area contributed by atoms with Gasteiger partial charge in [-0.1, -0.05) is 18.9 Å². The molecule has 6 heteroatoms. The van der Waals surface area contributed by atoms with Crippen LogP contribution in [-0.4, -0.2) is 16.9 Å². The number of nitro benzene ring substituents is 1. The van der Waals surface area contributed by atoms with Crippen LogP contribution in [-0.2, 0) is 4.84 Å². The molecule has 2 rings (SSSR count). The van der Waals surface area contributed by atoms with Crippen LogP contribution in [0.3, 0.4) is 0 Å². The van der Waals surface area contributed by atoms with E-state index in [0.29, 0.717) is 5.56 Å². The molecule has 1 aliphatic carbocycles. The number of nitrogens with one attached hydrogen (secondary N) is 1. The van der Waals surface area contributed by atoms with Gasteiger partial charge in [-0.25, -0.2) is 5.48 Å². The van der Waals surface area contributed by atoms with Gasteiger partial charge in [0, 0.05) is 11.6 Å². The summed E-state index contributed by atoms with van der Waals surface area (Å²) in [5, 5.41) is 10.8. The molecule has 0 radical (unpaired) electrons. The maximum atomic E-state index is 11.9. The average Bonchev–Trinajstić information content (AvgIpc) is 2.89. The number of amides is 1. The van der Waals surface area contributed by atoms with Crippen LogP contribution in [0.2, 0.25) is 0 Å². The van der Waals surface area contributed by atoms with Crippen LogP contribution in [0.1, 0.15) is 41.6 Å². The summed E-state index contributed by atoms with van der Waals surface area (Å²) >= 11 is 0. The van der Waals surface area contributed by atoms with Crippen molar-refractivity contribution in [2.75, 3.05) is 0 Å². The van der Waals surface area contributed by atoms with Crippen molar-refractivity contribution < 1.29 is 14.6 Å². The highest BCUT2D eigenvalue weighted by Gasteiger charge is 2.20. The van der Waals surface area contributed by atoms with Crippen LogP contribution >= 0.6 is 0 Å². The molecule has 0 aromatic heterocycles. The summed E-state index contributed by atoms with van der Waals surface area (Å²) in [6, 6.07) is 4.43. The van der Waals surface area contributed by atoms with Crippen molar-refractivity contribution in [3.8, 4) is 0 Å². The first-order valence-electron chi connectivity index (χ1n) is 6.29. The van der Waals surface area contributed by atoms with Gasteiger partial charge in [0.25, 0.3) is 11.6 Å². The Labute approximate surface area is 110 Å². The van der Waals surface area contributed by atoms with Gasteiger partial charge in [-0.05, 0) is 25.8 Å². The molecule has 1 aromatic carbocycles. The maximum Gasteiger partial charge on any atom is 0.275 e. The molecule has 0 heterocycles. The van der Waals surface area contributed by atoms with Gasteiger partial charge in [-0.3, -0.25) is 19.7 Å². The van der Waals surface area contributed by atoms with Gasteiger partial charge in [0.05, 0.1) is 16.6 Å². The van der Waals surface area contributed by atoms with E-state index >= 15 is 0 Å². The zero-order valence-corrected chi connectivity index (χ0v) is 10.7. The summed E-state index contributed by atoms with van der Waals surface area (Å²) in [6.45, 7) is 1.56. The van der Waals surface area contributed by atoms with Crippen LogP contribution in [0.25, 0.3) is 0 Å². The van der Waals surface area contributed by atoms with Gasteiger partial charge in [-0.2, -0.15) is 0 Å². The number of nitrogens with zero attached hydrogens (tertiary/aromatic N) is 1. The Morgan fingerprint density at radius 1 is 1.42 bits per heavy atom. The smallest absolute Gasteiger partial charge is 0.270 e. The van der Waals surface area contributed by atoms with E-state index in [-0.39, 0.29) is 17.4 Å². The predicted molar refractivity (Wildman–Crippen MR) is 68.6 cm³/mol. The van der Waals surface area contributed by atoms with E-state index in [9.17, 15) is 14.9 Å². The third-order valence-electron chi connectivity index (χ3n) is 3.37. The van der Waals surface area contributed by atoms with E-state index in [1.165, 1.54) is 12.1 Å². The summed E-state index contributed by atoms with van der Waals surface area (Å²) in [7, 11) is 0. The van der Waals surface area contributed by atoms with Gasteiger partial charge >= 0.3 is 0 Å². The van der Waals surface area contributed by atoms with Crippen LogP contribution in [0.4, 0.5) is 5.69 Å². The summed E-state index contributed by atoms with van der Waals surface area (Å²) in [6.07, 6.45) is 4.15. The number of hydrogen-bond acceptors (Lipinski definition) is 4. The highest BCUT2D eigenvalue weighted by Crippen LogP contribution is 2.22. The molecule has 19 heavy (non-hydrogen) atoms. The molecule has 1 fully saturated rings. The summed E-state index contributed by atoms with van der Waals surface area (Å²) < 4.78 is 0. The van der Waals surface area contributed by atoms with Crippen molar-refractivity contribution in [2.24, 2.45) is 0 Å². The number of hydrogen-bond donors (Lipinski definition) is 1. The number of carbonyl (C=O) groups is 1. The van der Waals surface area contributed by atoms with E-state index < -0.39 is 10.8 Å². The highest BCUT2D eigenvalue weighted by molar-refractivity contribution is 5.95. The molecule has 1 amide bonds. The standard InChI is InChI=1S/C13H16N2O4/c1-9-11(7-4-8-12(9)15(17)18)13(16)14-19-10-5-2-3-6-10/h4,7-8,10H,2-3,5-6H2,1H3,(H,14,16). The molecule has 0 bridgehead atoms. The fourth-order valence-electron chi connectivity index (χ4n) is 2.27. The van der Waals surface area contributed by atoms with Crippen LogP contribution in [0, 0.1) is 17.0 Å². The Bertz CT molecular complexity index is 495. The topological polar surface area (TPSA) is 81.5 Å². The minimum absolute atomic E-state index is 0.0583. The van der Waals surface area contributed by atoms with E-state index in [0.717, 1.165) is 25.7 Å². The SMILES string of the molecule is Cc1c(C(=O)NOC2CCCC2)cccc1[N+](=O)[O-]. The zero-order valence-electron chi connectivity index (χ0n) is 10.7. The molecule has 6 nitrogen and oxygen atoms in total. The second-order valence-corrected chi connectivity index (χ2v) is 4.66. The zero-order chi connectivity index (χ0) is 13.8. The molecule has 1 N–H and O–H groups in total. The predicted octanol–water partition coefficient (Wildman–Crippen LogP) is 2.51. The average molecular weight is 264 g/mol. The lowest BCUT2D eigenvalue weighted by molar-refractivity contribution is -0.385. The van der Waals surface area contributed by atoms with E-state index in [1.807, 2.05) is 0 Å². The summed E-state index contributed by atoms with van der Waals surface area (Å²) in [5.41, 5.74) is 2.94. The van der Waals surface area contributed by atoms with Crippen molar-refractivity contribution in [3.05, 3.63) is 39.4 Å². The monoisotopic (exact) mass is 264 g/mol. The molecule has 1 saturated carbocycles. The Morgan fingerprint density at radius 3 is 2.74 bits per heavy atom. The number of nitro groups is 1. The highest BCUT2D eigenvalue weighted by atomic mass is 16.7. The fraction of sp³-hybridized carbons (Fsp3) is 0.462. The van der Waals surface area contributed by atoms with Crippen LogP contribution < -0.4 is 5.48 Å². The van der Waals surface area contributed by atoms with Gasteiger partial charge in [0.1, 0.15) is 0 Å². The number of benzene rings is 1. The molecule has 0 saturated heterocycles. The van der Waals surface area contributed by atoms with Crippen LogP contribution in [0.15, 0.2) is 18.2 Å². The quantitative estimate of drug-likeness (QED) is 0.669. The first-order valence-corrected chi connectivity index (χ1v) is 6.29. The molecule has 102 valence electrons. The fourth-order valence-corrected chi connectivity index (χ4v) is 2.27. The van der Waals surface area contributed by atoms with E-state index in [1.54, 1.807) is 13.0 Å². The lowest BCUT2D eigenvalue weighted by Gasteiger charge is -2.12. The Kier molecular flexibility index (Phi) is 4.11. The summed E-state index contributed by atoms with van der Waals surface area (Å²) in [5.74, 6) is -0.437. The van der Waals surface area contributed by atoms with Crippen molar-refractivity contribution in [1.29, 1.82) is 0 Å². The number of hydroxylamine groups is 1. The number of rotatable bonds is 4. The third-order valence-corrected chi connectivity index (χ3v) is 3.37. The minimum Gasteiger partial charge on any atom is -0.270 e. The summed E-state index contributed by atoms with van der Waals surface area (Å²) in [4.78, 5) is 27.6. The molecule has 0 spiro atoms. The first-order chi connectivity index (χ1) is 9.09. The van der Waals surface area contributed by atoms with Gasteiger partial charge in [0.2, 0.25) is 0 Å². The van der Waals surface area contributed by atoms with Gasteiger partial charge in [-0.15, -0.1) is 0 Å². The van der Waals surface area contributed by atoms with Crippen molar-refractivity contribution in [1.82, 2.24) is 5.48 Å². The molecule has 1 aliphatic rings. The van der Waals surface area contributed by atoms with Gasteiger partial charge in [0.15, 0.2) is 0 Å². The van der Waals surface area contributed by atoms with Crippen molar-refractivity contribution >= 4 is 11.6 Å². The van der Waals surface area contributed by atoms with Crippen molar-refractivity contribution in [2.45, 2.75) is 38.7 Å². The van der Waals surface area contributed by atoms with E-state index in [4.69, 9.17) is 4.84 Å². The second-order valence-electron chi connectivity index (χ2n) is 4.66. The molecular weight excluding hydrogens is 248 g/mol. The maximum absolute atomic E-state index is 11.9. The van der Waals surface area contributed by atoms with Gasteiger partial charge < -0.3 is 0 Å². The molecule has 1 aromatic rings.